The predicted molar refractivity (Wildman–Crippen MR) is 80.4 cm³/mol. The zero-order chi connectivity index (χ0) is 18.2. The maximum absolute atomic E-state index is 11.2. The van der Waals surface area contributed by atoms with E-state index >= 15 is 0 Å². The van der Waals surface area contributed by atoms with Crippen molar-refractivity contribution in [2.45, 2.75) is 37.4 Å². The van der Waals surface area contributed by atoms with E-state index in [1.807, 2.05) is 0 Å². The van der Waals surface area contributed by atoms with Crippen LogP contribution in [0.2, 0.25) is 0 Å². The van der Waals surface area contributed by atoms with Gasteiger partial charge in [0.1, 0.15) is 31.0 Å². The standard InChI is InChI=1S/C14H27NO8/c1-8(2)14(22)23-7-9(17)4-15(3)5-10(18)12(20)13(21)11(19)6-16/h9-13,16-21H,1,4-7H2,2-3H3. The van der Waals surface area contributed by atoms with Crippen LogP contribution in [-0.4, -0.2) is 105 Å². The Hall–Kier alpha value is -1.07. The van der Waals surface area contributed by atoms with Gasteiger partial charge in [-0.1, -0.05) is 6.58 Å². The first-order valence-corrected chi connectivity index (χ1v) is 7.12. The van der Waals surface area contributed by atoms with Crippen LogP contribution in [0.5, 0.6) is 0 Å². The predicted octanol–water partition coefficient (Wildman–Crippen LogP) is -3.17. The lowest BCUT2D eigenvalue weighted by Crippen LogP contribution is -2.50. The van der Waals surface area contributed by atoms with Crippen molar-refractivity contribution < 1.29 is 40.2 Å². The van der Waals surface area contributed by atoms with Gasteiger partial charge in [0.05, 0.1) is 12.7 Å². The maximum atomic E-state index is 11.2. The third kappa shape index (κ3) is 8.37. The van der Waals surface area contributed by atoms with Crippen molar-refractivity contribution in [2.24, 2.45) is 0 Å². The molecule has 0 bridgehead atoms. The van der Waals surface area contributed by atoms with Gasteiger partial charge in [0.15, 0.2) is 0 Å². The first kappa shape index (κ1) is 21.9. The molecule has 0 aromatic carbocycles. The number of hydrogen-bond donors (Lipinski definition) is 6. The lowest BCUT2D eigenvalue weighted by atomic mass is 10.0. The van der Waals surface area contributed by atoms with Crippen molar-refractivity contribution in [1.82, 2.24) is 4.90 Å². The van der Waals surface area contributed by atoms with Gasteiger partial charge in [-0.15, -0.1) is 0 Å². The number of hydrogen-bond acceptors (Lipinski definition) is 9. The highest BCUT2D eigenvalue weighted by Gasteiger charge is 2.30. The molecule has 0 amide bonds. The number of aliphatic hydroxyl groups is 6. The highest BCUT2D eigenvalue weighted by molar-refractivity contribution is 5.86. The SMILES string of the molecule is C=C(C)C(=O)OCC(O)CN(C)CC(O)C(O)C(O)C(O)CO. The summed E-state index contributed by atoms with van der Waals surface area (Å²) in [6.45, 7) is 3.78. The summed E-state index contributed by atoms with van der Waals surface area (Å²) in [7, 11) is 1.54. The van der Waals surface area contributed by atoms with E-state index in [2.05, 4.69) is 6.58 Å². The van der Waals surface area contributed by atoms with Gasteiger partial charge in [-0.25, -0.2) is 4.79 Å². The lowest BCUT2D eigenvalue weighted by molar-refractivity contribution is -0.142. The zero-order valence-electron chi connectivity index (χ0n) is 13.4. The fourth-order valence-electron chi connectivity index (χ4n) is 1.77. The van der Waals surface area contributed by atoms with Crippen LogP contribution in [0, 0.1) is 0 Å². The highest BCUT2D eigenvalue weighted by atomic mass is 16.5. The van der Waals surface area contributed by atoms with E-state index in [0.29, 0.717) is 0 Å². The zero-order valence-corrected chi connectivity index (χ0v) is 13.4. The number of carbonyl (C=O) groups excluding carboxylic acids is 1. The van der Waals surface area contributed by atoms with Crippen LogP contribution in [0.3, 0.4) is 0 Å². The molecular formula is C14H27NO8. The average Bonchev–Trinajstić information content (AvgIpc) is 2.49. The summed E-state index contributed by atoms with van der Waals surface area (Å²) in [6, 6.07) is 0. The van der Waals surface area contributed by atoms with Crippen LogP contribution in [0.15, 0.2) is 12.2 Å². The first-order valence-electron chi connectivity index (χ1n) is 7.12. The van der Waals surface area contributed by atoms with Gasteiger partial charge in [-0.2, -0.15) is 0 Å². The van der Waals surface area contributed by atoms with Crippen molar-refractivity contribution in [3.8, 4) is 0 Å². The van der Waals surface area contributed by atoms with E-state index in [0.717, 1.165) is 0 Å². The smallest absolute Gasteiger partial charge is 0.333 e. The minimum Gasteiger partial charge on any atom is -0.460 e. The fraction of sp³-hybridized carbons (Fsp3) is 0.786. The van der Waals surface area contributed by atoms with Crippen LogP contribution in [0.4, 0.5) is 0 Å². The van der Waals surface area contributed by atoms with E-state index < -0.39 is 43.1 Å². The van der Waals surface area contributed by atoms with Gasteiger partial charge >= 0.3 is 5.97 Å². The highest BCUT2D eigenvalue weighted by Crippen LogP contribution is 2.07. The minimum absolute atomic E-state index is 0.0336. The first-order chi connectivity index (χ1) is 10.6. The molecule has 0 rings (SSSR count). The van der Waals surface area contributed by atoms with Crippen molar-refractivity contribution in [2.75, 3.05) is 33.4 Å². The molecule has 5 unspecified atom stereocenters. The molecule has 0 fully saturated rings. The molecule has 9 nitrogen and oxygen atoms in total. The molecular weight excluding hydrogens is 310 g/mol. The minimum atomic E-state index is -1.70. The molecule has 0 aromatic heterocycles. The second kappa shape index (κ2) is 10.7. The summed E-state index contributed by atoms with van der Waals surface area (Å²) in [6.07, 6.45) is -7.37. The summed E-state index contributed by atoms with van der Waals surface area (Å²) in [5, 5.41) is 56.6. The average molecular weight is 337 g/mol. The largest absolute Gasteiger partial charge is 0.460 e. The molecule has 0 aliphatic carbocycles. The number of nitrogens with zero attached hydrogens (tertiary/aromatic N) is 1. The molecule has 0 saturated carbocycles. The molecule has 0 aliphatic heterocycles. The van der Waals surface area contributed by atoms with E-state index in [1.54, 1.807) is 0 Å². The Morgan fingerprint density at radius 2 is 1.61 bits per heavy atom. The third-order valence-corrected chi connectivity index (χ3v) is 3.10. The Labute approximate surface area is 135 Å². The molecule has 6 N–H and O–H groups in total. The Bertz CT molecular complexity index is 378. The molecule has 0 radical (unpaired) electrons. The molecule has 23 heavy (non-hydrogen) atoms. The molecule has 0 heterocycles. The van der Waals surface area contributed by atoms with Crippen LogP contribution in [0.25, 0.3) is 0 Å². The summed E-state index contributed by atoms with van der Waals surface area (Å²) in [5.74, 6) is -0.622. The van der Waals surface area contributed by atoms with Crippen molar-refractivity contribution in [3.05, 3.63) is 12.2 Å². The number of ether oxygens (including phenoxy) is 1. The molecule has 0 saturated heterocycles. The number of carbonyl (C=O) groups is 1. The molecule has 136 valence electrons. The molecule has 0 spiro atoms. The number of esters is 1. The molecule has 5 atom stereocenters. The Balaban J connectivity index is 4.24. The van der Waals surface area contributed by atoms with E-state index in [-0.39, 0.29) is 25.3 Å². The molecule has 0 aromatic rings. The van der Waals surface area contributed by atoms with Crippen LogP contribution < -0.4 is 0 Å². The van der Waals surface area contributed by atoms with Gasteiger partial charge in [-0.3, -0.25) is 0 Å². The Morgan fingerprint density at radius 1 is 1.09 bits per heavy atom. The van der Waals surface area contributed by atoms with Crippen LogP contribution >= 0.6 is 0 Å². The summed E-state index contributed by atoms with van der Waals surface area (Å²) in [5.41, 5.74) is 0.209. The van der Waals surface area contributed by atoms with Gasteiger partial charge in [0.25, 0.3) is 0 Å². The monoisotopic (exact) mass is 337 g/mol. The topological polar surface area (TPSA) is 151 Å². The maximum Gasteiger partial charge on any atom is 0.333 e. The van der Waals surface area contributed by atoms with Gasteiger partial charge in [-0.05, 0) is 14.0 Å². The summed E-state index contributed by atoms with van der Waals surface area (Å²) in [4.78, 5) is 12.6. The van der Waals surface area contributed by atoms with Gasteiger partial charge in [0.2, 0.25) is 0 Å². The second-order valence-electron chi connectivity index (χ2n) is 5.55. The molecule has 9 heteroatoms. The van der Waals surface area contributed by atoms with Crippen molar-refractivity contribution >= 4 is 5.97 Å². The van der Waals surface area contributed by atoms with Gasteiger partial charge < -0.3 is 40.3 Å². The Kier molecular flexibility index (Phi) is 10.2. The quantitative estimate of drug-likeness (QED) is 0.169. The van der Waals surface area contributed by atoms with Crippen molar-refractivity contribution in [1.29, 1.82) is 0 Å². The molecule has 0 aliphatic rings. The third-order valence-electron chi connectivity index (χ3n) is 3.10. The number of rotatable bonds is 11. The second-order valence-corrected chi connectivity index (χ2v) is 5.55. The number of likely N-dealkylation sites (N-methyl/N-ethyl adjacent to an activating group) is 1. The Morgan fingerprint density at radius 3 is 2.09 bits per heavy atom. The van der Waals surface area contributed by atoms with Crippen LogP contribution in [0.1, 0.15) is 6.92 Å². The lowest BCUT2D eigenvalue weighted by Gasteiger charge is -2.29. The van der Waals surface area contributed by atoms with E-state index in [4.69, 9.17) is 9.84 Å². The van der Waals surface area contributed by atoms with Gasteiger partial charge in [0, 0.05) is 18.7 Å². The van der Waals surface area contributed by atoms with Crippen LogP contribution in [-0.2, 0) is 9.53 Å². The number of aliphatic hydroxyl groups excluding tert-OH is 6. The summed E-state index contributed by atoms with van der Waals surface area (Å²) >= 11 is 0. The summed E-state index contributed by atoms with van der Waals surface area (Å²) < 4.78 is 4.77. The fourth-order valence-corrected chi connectivity index (χ4v) is 1.77. The van der Waals surface area contributed by atoms with E-state index in [1.165, 1.54) is 18.9 Å². The van der Waals surface area contributed by atoms with E-state index in [9.17, 15) is 30.3 Å². The van der Waals surface area contributed by atoms with Crippen molar-refractivity contribution in [3.63, 3.8) is 0 Å². The normalized spacial score (nSPS) is 18.1.